The fourth-order valence-electron chi connectivity index (χ4n) is 2.83. The van der Waals surface area contributed by atoms with E-state index in [0.717, 1.165) is 5.57 Å². The van der Waals surface area contributed by atoms with Crippen LogP contribution in [0, 0.1) is 0 Å². The van der Waals surface area contributed by atoms with Crippen molar-refractivity contribution < 1.29 is 22.9 Å². The highest BCUT2D eigenvalue weighted by Crippen LogP contribution is 2.55. The lowest BCUT2D eigenvalue weighted by atomic mass is 10.2. The van der Waals surface area contributed by atoms with Crippen LogP contribution in [0.2, 0.25) is 0 Å². The molecule has 0 aromatic carbocycles. The number of nitrogens with one attached hydrogen (secondary N) is 1. The Labute approximate surface area is 155 Å². The molecule has 0 spiro atoms. The summed E-state index contributed by atoms with van der Waals surface area (Å²) in [4.78, 5) is 25.2. The molecule has 2 aliphatic heterocycles. The Hall–Kier alpha value is -2.19. The molecule has 1 fully saturated rings. The van der Waals surface area contributed by atoms with E-state index < -0.39 is 25.3 Å². The molecule has 2 aliphatic rings. The van der Waals surface area contributed by atoms with Gasteiger partial charge in [-0.2, -0.15) is 0 Å². The van der Waals surface area contributed by atoms with Crippen LogP contribution >= 0.6 is 7.82 Å². The zero-order valence-electron chi connectivity index (χ0n) is 14.8. The van der Waals surface area contributed by atoms with E-state index in [9.17, 15) is 14.2 Å². The van der Waals surface area contributed by atoms with Crippen LogP contribution < -0.4 is 11.2 Å². The summed E-state index contributed by atoms with van der Waals surface area (Å²) in [5.74, 6) is 0.354. The predicted molar refractivity (Wildman–Crippen MR) is 97.1 cm³/mol. The summed E-state index contributed by atoms with van der Waals surface area (Å²) in [6.07, 6.45) is 6.66. The molecule has 27 heavy (non-hydrogen) atoms. The van der Waals surface area contributed by atoms with Crippen LogP contribution in [0.3, 0.4) is 0 Å². The first-order chi connectivity index (χ1) is 12.9. The molecule has 3 heterocycles. The van der Waals surface area contributed by atoms with Gasteiger partial charge in [-0.1, -0.05) is 18.7 Å². The Morgan fingerprint density at radius 1 is 1.44 bits per heavy atom. The highest BCUT2D eigenvalue weighted by Gasteiger charge is 2.36. The van der Waals surface area contributed by atoms with Crippen LogP contribution in [-0.2, 0) is 22.9 Å². The maximum absolute atomic E-state index is 12.6. The predicted octanol–water partition coefficient (Wildman–Crippen LogP) is 2.40. The average Bonchev–Trinajstić information content (AvgIpc) is 3.11. The Morgan fingerprint density at radius 3 is 2.96 bits per heavy atom. The van der Waals surface area contributed by atoms with E-state index in [-0.39, 0.29) is 19.3 Å². The summed E-state index contributed by atoms with van der Waals surface area (Å²) in [5, 5.41) is 0. The fraction of sp³-hybridized carbons (Fsp3) is 0.412. The van der Waals surface area contributed by atoms with E-state index in [0.29, 0.717) is 18.6 Å². The number of phosphoric ester groups is 1. The maximum Gasteiger partial charge on any atom is 0.530 e. The molecule has 1 aromatic heterocycles. The molecule has 1 N–H and O–H groups in total. The molecule has 1 aromatic rings. The van der Waals surface area contributed by atoms with Crippen LogP contribution in [0.5, 0.6) is 0 Å². The topological polar surface area (TPSA) is 109 Å². The first-order valence-electron chi connectivity index (χ1n) is 8.48. The lowest BCUT2D eigenvalue weighted by Crippen LogP contribution is -2.31. The first-order valence-corrected chi connectivity index (χ1v) is 9.94. The standard InChI is InChI=1S/C17H21N2O7P/c1-3-5-12-10-23-27(22,26-14(12)4-2)24-11-13-6-7-16(25-13)19-9-8-15(20)18-17(19)21/h3-5,8-9,13,16H,2,6-7,10-11H2,1H3,(H,18,20,21)/b5-3-. The number of aromatic amines is 1. The molecule has 9 nitrogen and oxygen atoms in total. The summed E-state index contributed by atoms with van der Waals surface area (Å²) in [5.41, 5.74) is -0.294. The van der Waals surface area contributed by atoms with Crippen molar-refractivity contribution in [3.63, 3.8) is 0 Å². The summed E-state index contributed by atoms with van der Waals surface area (Å²) < 4.78 is 35.7. The van der Waals surface area contributed by atoms with Crippen molar-refractivity contribution in [2.24, 2.45) is 0 Å². The molecule has 10 heteroatoms. The Bertz CT molecular complexity index is 930. The minimum atomic E-state index is -3.77. The van der Waals surface area contributed by atoms with Crippen LogP contribution in [-0.4, -0.2) is 28.9 Å². The third-order valence-corrected chi connectivity index (χ3v) is 5.45. The number of nitrogens with zero attached hydrogens (tertiary/aromatic N) is 1. The van der Waals surface area contributed by atoms with Gasteiger partial charge in [0.2, 0.25) is 0 Å². The van der Waals surface area contributed by atoms with Gasteiger partial charge in [0.25, 0.3) is 5.56 Å². The largest absolute Gasteiger partial charge is 0.530 e. The first kappa shape index (κ1) is 19.6. The highest BCUT2D eigenvalue weighted by molar-refractivity contribution is 7.48. The number of allylic oxidation sites excluding steroid dienone is 2. The van der Waals surface area contributed by atoms with E-state index >= 15 is 0 Å². The van der Waals surface area contributed by atoms with Gasteiger partial charge in [0.15, 0.2) is 0 Å². The quantitative estimate of drug-likeness (QED) is 0.736. The number of H-pyrrole nitrogens is 1. The van der Waals surface area contributed by atoms with Crippen LogP contribution in [0.25, 0.3) is 0 Å². The smallest absolute Gasteiger partial charge is 0.404 e. The summed E-state index contributed by atoms with van der Waals surface area (Å²) in [6.45, 7) is 5.56. The SMILES string of the molecule is C=CC1=C(/C=C\C)COP(=O)(OCC2CCC(n3ccc(=O)[nH]c3=O)O2)O1. The molecule has 3 atom stereocenters. The van der Waals surface area contributed by atoms with E-state index in [2.05, 4.69) is 11.6 Å². The number of ether oxygens (including phenoxy) is 1. The van der Waals surface area contributed by atoms with Crippen LogP contribution in [0.4, 0.5) is 0 Å². The summed E-state index contributed by atoms with van der Waals surface area (Å²) >= 11 is 0. The molecular weight excluding hydrogens is 375 g/mol. The zero-order chi connectivity index (χ0) is 19.4. The monoisotopic (exact) mass is 396 g/mol. The molecule has 146 valence electrons. The minimum Gasteiger partial charge on any atom is -0.404 e. The zero-order valence-corrected chi connectivity index (χ0v) is 15.7. The Morgan fingerprint density at radius 2 is 2.26 bits per heavy atom. The van der Waals surface area contributed by atoms with Crippen molar-refractivity contribution in [1.82, 2.24) is 9.55 Å². The van der Waals surface area contributed by atoms with Gasteiger partial charge in [-0.15, -0.1) is 0 Å². The van der Waals surface area contributed by atoms with Crippen LogP contribution in [0.15, 0.2) is 58.0 Å². The Kier molecular flexibility index (Phi) is 5.96. The third-order valence-electron chi connectivity index (χ3n) is 4.12. The molecule has 0 bridgehead atoms. The summed E-state index contributed by atoms with van der Waals surface area (Å²) in [7, 11) is -3.77. The van der Waals surface area contributed by atoms with Gasteiger partial charge in [-0.3, -0.25) is 23.4 Å². The molecular formula is C17H21N2O7P. The third kappa shape index (κ3) is 4.56. The lowest BCUT2D eigenvalue weighted by Gasteiger charge is -2.25. The normalized spacial score (nSPS) is 28.5. The number of phosphoric acid groups is 1. The number of rotatable bonds is 6. The second-order valence-electron chi connectivity index (χ2n) is 6.01. The van der Waals surface area contributed by atoms with Crippen molar-refractivity contribution in [2.45, 2.75) is 32.1 Å². The number of aromatic nitrogens is 2. The molecule has 0 aliphatic carbocycles. The van der Waals surface area contributed by atoms with E-state index in [1.54, 1.807) is 6.08 Å². The van der Waals surface area contributed by atoms with E-state index in [1.165, 1.54) is 22.9 Å². The number of hydrogen-bond donors (Lipinski definition) is 1. The van der Waals surface area contributed by atoms with Gasteiger partial charge >= 0.3 is 13.5 Å². The molecule has 3 unspecified atom stereocenters. The second-order valence-corrected chi connectivity index (χ2v) is 7.60. The van der Waals surface area contributed by atoms with Gasteiger partial charge < -0.3 is 9.26 Å². The summed E-state index contributed by atoms with van der Waals surface area (Å²) in [6, 6.07) is 1.25. The molecule has 0 radical (unpaired) electrons. The van der Waals surface area contributed by atoms with Crippen molar-refractivity contribution in [3.05, 3.63) is 69.2 Å². The maximum atomic E-state index is 12.6. The second kappa shape index (κ2) is 8.22. The molecule has 3 rings (SSSR count). The Balaban J connectivity index is 1.60. The van der Waals surface area contributed by atoms with Crippen LogP contribution in [0.1, 0.15) is 26.0 Å². The average molecular weight is 396 g/mol. The number of hydrogen-bond acceptors (Lipinski definition) is 7. The van der Waals surface area contributed by atoms with E-state index in [1.807, 2.05) is 13.0 Å². The fourth-order valence-corrected chi connectivity index (χ4v) is 4.09. The van der Waals surface area contributed by atoms with Gasteiger partial charge in [0.05, 0.1) is 19.3 Å². The minimum absolute atomic E-state index is 0.0186. The van der Waals surface area contributed by atoms with Crippen molar-refractivity contribution in [1.29, 1.82) is 0 Å². The van der Waals surface area contributed by atoms with E-state index in [4.69, 9.17) is 18.3 Å². The van der Waals surface area contributed by atoms with Gasteiger partial charge in [-0.05, 0) is 25.8 Å². The highest BCUT2D eigenvalue weighted by atomic mass is 31.2. The molecule has 0 saturated carbocycles. The lowest BCUT2D eigenvalue weighted by molar-refractivity contribution is -0.0269. The van der Waals surface area contributed by atoms with Gasteiger partial charge in [0.1, 0.15) is 12.0 Å². The molecule has 1 saturated heterocycles. The molecule has 0 amide bonds. The van der Waals surface area contributed by atoms with Gasteiger partial charge in [0, 0.05) is 17.8 Å². The van der Waals surface area contributed by atoms with Gasteiger partial charge in [-0.25, -0.2) is 9.36 Å². The van der Waals surface area contributed by atoms with Crippen molar-refractivity contribution >= 4 is 7.82 Å². The van der Waals surface area contributed by atoms with Crippen molar-refractivity contribution in [3.8, 4) is 0 Å². The van der Waals surface area contributed by atoms with Crippen molar-refractivity contribution in [2.75, 3.05) is 13.2 Å².